The average molecular weight is 438 g/mol. The van der Waals surface area contributed by atoms with E-state index in [1.807, 2.05) is 70.2 Å². The van der Waals surface area contributed by atoms with Gasteiger partial charge >= 0.3 is 6.09 Å². The lowest BCUT2D eigenvalue weighted by Gasteiger charge is -2.24. The molecule has 3 rings (SSSR count). The molecule has 0 aliphatic carbocycles. The van der Waals surface area contributed by atoms with Gasteiger partial charge in [-0.3, -0.25) is 9.36 Å². The number of carbonyl (C=O) groups is 1. The molecule has 3 aromatic rings. The van der Waals surface area contributed by atoms with Crippen molar-refractivity contribution in [2.45, 2.75) is 46.1 Å². The number of amides is 1. The SMILES string of the molecule is CCOc1ccc(-n2c(CCCN(C)C(=O)OC(C)(C)C)nc3ccccc3c2=O)cc1. The van der Waals surface area contributed by atoms with E-state index in [1.165, 1.54) is 0 Å². The highest BCUT2D eigenvalue weighted by atomic mass is 16.6. The Morgan fingerprint density at radius 3 is 2.44 bits per heavy atom. The molecule has 0 aliphatic heterocycles. The predicted octanol–water partition coefficient (Wildman–Crippen LogP) is 4.58. The highest BCUT2D eigenvalue weighted by Crippen LogP contribution is 2.18. The second kappa shape index (κ2) is 9.85. The third kappa shape index (κ3) is 5.66. The topological polar surface area (TPSA) is 73.7 Å². The molecule has 0 bridgehead atoms. The van der Waals surface area contributed by atoms with Crippen LogP contribution in [0.1, 0.15) is 39.9 Å². The van der Waals surface area contributed by atoms with Gasteiger partial charge in [-0.05, 0) is 70.5 Å². The van der Waals surface area contributed by atoms with Crippen molar-refractivity contribution in [1.29, 1.82) is 0 Å². The van der Waals surface area contributed by atoms with Gasteiger partial charge in [0, 0.05) is 20.0 Å². The minimum Gasteiger partial charge on any atom is -0.494 e. The van der Waals surface area contributed by atoms with E-state index in [0.717, 1.165) is 11.4 Å². The Morgan fingerprint density at radius 1 is 1.09 bits per heavy atom. The number of benzene rings is 2. The van der Waals surface area contributed by atoms with Gasteiger partial charge in [0.05, 0.1) is 23.2 Å². The summed E-state index contributed by atoms with van der Waals surface area (Å²) in [5, 5.41) is 0.566. The second-order valence-corrected chi connectivity index (χ2v) is 8.62. The smallest absolute Gasteiger partial charge is 0.410 e. The summed E-state index contributed by atoms with van der Waals surface area (Å²) in [6.45, 7) is 8.51. The zero-order valence-electron chi connectivity index (χ0n) is 19.4. The molecule has 7 nitrogen and oxygen atoms in total. The van der Waals surface area contributed by atoms with E-state index >= 15 is 0 Å². The lowest BCUT2D eigenvalue weighted by Crippen LogP contribution is -2.35. The summed E-state index contributed by atoms with van der Waals surface area (Å²) in [5.41, 5.74) is 0.733. The summed E-state index contributed by atoms with van der Waals surface area (Å²) >= 11 is 0. The van der Waals surface area contributed by atoms with Crippen molar-refractivity contribution in [3.63, 3.8) is 0 Å². The van der Waals surface area contributed by atoms with Crippen molar-refractivity contribution < 1.29 is 14.3 Å². The molecule has 0 unspecified atom stereocenters. The first kappa shape index (κ1) is 23.3. The molecule has 0 N–H and O–H groups in total. The molecule has 0 aliphatic rings. The molecule has 0 saturated carbocycles. The van der Waals surface area contributed by atoms with E-state index < -0.39 is 5.60 Å². The molecule has 32 heavy (non-hydrogen) atoms. The number of fused-ring (bicyclic) bond motifs is 1. The number of hydrogen-bond donors (Lipinski definition) is 0. The normalized spacial score (nSPS) is 11.4. The average Bonchev–Trinajstić information content (AvgIpc) is 2.74. The van der Waals surface area contributed by atoms with Crippen LogP contribution in [0, 0.1) is 0 Å². The lowest BCUT2D eigenvalue weighted by atomic mass is 10.2. The van der Waals surface area contributed by atoms with Gasteiger partial charge in [0.25, 0.3) is 5.56 Å². The minimum atomic E-state index is -0.542. The van der Waals surface area contributed by atoms with Crippen molar-refractivity contribution in [2.24, 2.45) is 0 Å². The Balaban J connectivity index is 1.87. The summed E-state index contributed by atoms with van der Waals surface area (Å²) in [7, 11) is 1.71. The van der Waals surface area contributed by atoms with Crippen molar-refractivity contribution in [3.8, 4) is 11.4 Å². The van der Waals surface area contributed by atoms with Crippen LogP contribution in [0.2, 0.25) is 0 Å². The van der Waals surface area contributed by atoms with Gasteiger partial charge in [-0.15, -0.1) is 0 Å². The maximum Gasteiger partial charge on any atom is 0.410 e. The third-order valence-electron chi connectivity index (χ3n) is 4.85. The van der Waals surface area contributed by atoms with Crippen LogP contribution < -0.4 is 10.3 Å². The molecule has 170 valence electrons. The monoisotopic (exact) mass is 437 g/mol. The number of aromatic nitrogens is 2. The van der Waals surface area contributed by atoms with Gasteiger partial charge in [0.2, 0.25) is 0 Å². The molecular weight excluding hydrogens is 406 g/mol. The third-order valence-corrected chi connectivity index (χ3v) is 4.85. The molecule has 7 heteroatoms. The Kier molecular flexibility index (Phi) is 7.18. The summed E-state index contributed by atoms with van der Waals surface area (Å²) < 4.78 is 12.6. The highest BCUT2D eigenvalue weighted by molar-refractivity contribution is 5.77. The van der Waals surface area contributed by atoms with Crippen LogP contribution in [0.15, 0.2) is 53.3 Å². The molecule has 2 aromatic carbocycles. The van der Waals surface area contributed by atoms with Gasteiger partial charge < -0.3 is 14.4 Å². The first-order valence-corrected chi connectivity index (χ1v) is 10.9. The number of para-hydroxylation sites is 1. The summed E-state index contributed by atoms with van der Waals surface area (Å²) in [6.07, 6.45) is 0.797. The summed E-state index contributed by atoms with van der Waals surface area (Å²) in [6, 6.07) is 14.8. The quantitative estimate of drug-likeness (QED) is 0.541. The van der Waals surface area contributed by atoms with Gasteiger partial charge in [-0.25, -0.2) is 9.78 Å². The molecule has 1 aromatic heterocycles. The van der Waals surface area contributed by atoms with Crippen LogP contribution in [0.5, 0.6) is 5.75 Å². The number of hydrogen-bond acceptors (Lipinski definition) is 5. The van der Waals surface area contributed by atoms with E-state index in [9.17, 15) is 9.59 Å². The van der Waals surface area contributed by atoms with Crippen LogP contribution in [0.3, 0.4) is 0 Å². The van der Waals surface area contributed by atoms with Gasteiger partial charge in [0.15, 0.2) is 0 Å². The van der Waals surface area contributed by atoms with Crippen LogP contribution in [-0.2, 0) is 11.2 Å². The Morgan fingerprint density at radius 2 is 1.78 bits per heavy atom. The largest absolute Gasteiger partial charge is 0.494 e. The van der Waals surface area contributed by atoms with Crippen molar-refractivity contribution in [1.82, 2.24) is 14.5 Å². The molecular formula is C25H31N3O4. The van der Waals surface area contributed by atoms with E-state index in [0.29, 0.717) is 42.7 Å². The fourth-order valence-corrected chi connectivity index (χ4v) is 3.38. The zero-order valence-corrected chi connectivity index (χ0v) is 19.4. The molecule has 0 radical (unpaired) electrons. The molecule has 1 amide bonds. The number of rotatable bonds is 7. The maximum absolute atomic E-state index is 13.3. The summed E-state index contributed by atoms with van der Waals surface area (Å²) in [4.78, 5) is 31.9. The van der Waals surface area contributed by atoms with E-state index in [-0.39, 0.29) is 11.7 Å². The number of carbonyl (C=O) groups excluding carboxylic acids is 1. The van der Waals surface area contributed by atoms with Gasteiger partial charge in [-0.1, -0.05) is 12.1 Å². The summed E-state index contributed by atoms with van der Waals surface area (Å²) in [5.74, 6) is 1.40. The Labute approximate surface area is 188 Å². The first-order valence-electron chi connectivity index (χ1n) is 10.9. The van der Waals surface area contributed by atoms with Crippen molar-refractivity contribution >= 4 is 17.0 Å². The Hall–Kier alpha value is -3.35. The number of ether oxygens (including phenoxy) is 2. The molecule has 0 atom stereocenters. The van der Waals surface area contributed by atoms with Gasteiger partial charge in [-0.2, -0.15) is 0 Å². The second-order valence-electron chi connectivity index (χ2n) is 8.62. The minimum absolute atomic E-state index is 0.116. The fraction of sp³-hybridized carbons (Fsp3) is 0.400. The standard InChI is InChI=1S/C25H31N3O4/c1-6-31-19-15-13-18(14-16-19)28-22(26-21-11-8-7-10-20(21)23(28)29)12-9-17-27(5)24(30)32-25(2,3)4/h7-8,10-11,13-16H,6,9,12,17H2,1-5H3. The van der Waals surface area contributed by atoms with E-state index in [2.05, 4.69) is 0 Å². The van der Waals surface area contributed by atoms with Crippen LogP contribution in [0.25, 0.3) is 16.6 Å². The fourth-order valence-electron chi connectivity index (χ4n) is 3.38. The number of aryl methyl sites for hydroxylation is 1. The van der Waals surface area contributed by atoms with E-state index in [1.54, 1.807) is 22.6 Å². The van der Waals surface area contributed by atoms with Crippen LogP contribution >= 0.6 is 0 Å². The van der Waals surface area contributed by atoms with Crippen molar-refractivity contribution in [3.05, 3.63) is 64.7 Å². The van der Waals surface area contributed by atoms with Gasteiger partial charge in [0.1, 0.15) is 17.2 Å². The maximum atomic E-state index is 13.3. The predicted molar refractivity (Wildman–Crippen MR) is 126 cm³/mol. The highest BCUT2D eigenvalue weighted by Gasteiger charge is 2.20. The van der Waals surface area contributed by atoms with Crippen LogP contribution in [0.4, 0.5) is 4.79 Å². The Bertz CT molecular complexity index is 1130. The molecule has 0 spiro atoms. The molecule has 1 heterocycles. The van der Waals surface area contributed by atoms with Crippen LogP contribution in [-0.4, -0.2) is 46.3 Å². The lowest BCUT2D eigenvalue weighted by molar-refractivity contribution is 0.0297. The first-order chi connectivity index (χ1) is 15.2. The molecule has 0 saturated heterocycles. The molecule has 0 fully saturated rings. The van der Waals surface area contributed by atoms with Crippen molar-refractivity contribution in [2.75, 3.05) is 20.2 Å². The zero-order chi connectivity index (χ0) is 23.3. The van der Waals surface area contributed by atoms with E-state index in [4.69, 9.17) is 14.5 Å². The number of nitrogens with zero attached hydrogens (tertiary/aromatic N) is 3.